The summed E-state index contributed by atoms with van der Waals surface area (Å²) in [6.07, 6.45) is 1.11. The van der Waals surface area contributed by atoms with Gasteiger partial charge in [0.2, 0.25) is 0 Å². The van der Waals surface area contributed by atoms with Gasteiger partial charge in [0, 0.05) is 19.7 Å². The zero-order valence-corrected chi connectivity index (χ0v) is 20.3. The fourth-order valence-corrected chi connectivity index (χ4v) is 3.11. The zero-order valence-electron chi connectivity index (χ0n) is 17.1. The van der Waals surface area contributed by atoms with Crippen LogP contribution in [-0.4, -0.2) is 49.3 Å². The number of halogens is 1. The Labute approximate surface area is 183 Å². The van der Waals surface area contributed by atoms with Gasteiger partial charge in [0.15, 0.2) is 5.96 Å². The Hall–Kier alpha value is -0.940. The molecule has 2 N–H and O–H groups in total. The lowest BCUT2D eigenvalue weighted by atomic mass is 10.3. The molecule has 0 fully saturated rings. The first-order chi connectivity index (χ1) is 12.4. The largest absolute Gasteiger partial charge is 0.462 e. The Morgan fingerprint density at radius 3 is 2.59 bits per heavy atom. The number of nitrogens with zero attached hydrogens (tertiary/aromatic N) is 2. The lowest BCUT2D eigenvalue weighted by Crippen LogP contribution is -2.38. The molecule has 0 saturated carbocycles. The second-order valence-corrected chi connectivity index (χ2v) is 7.12. The van der Waals surface area contributed by atoms with Crippen LogP contribution >= 0.6 is 35.3 Å². The number of thiazole rings is 1. The van der Waals surface area contributed by atoms with Gasteiger partial charge in [-0.05, 0) is 48.0 Å². The van der Waals surface area contributed by atoms with E-state index in [2.05, 4.69) is 20.6 Å². The molecule has 1 atom stereocenters. The third-order valence-electron chi connectivity index (χ3n) is 3.37. The molecule has 0 radical (unpaired) electrons. The Kier molecular flexibility index (Phi) is 13.6. The van der Waals surface area contributed by atoms with Crippen LogP contribution in [0.15, 0.2) is 4.99 Å². The molecule has 156 valence electrons. The molecule has 1 unspecified atom stereocenters. The van der Waals surface area contributed by atoms with Gasteiger partial charge in [-0.25, -0.2) is 9.78 Å². The van der Waals surface area contributed by atoms with Crippen LogP contribution in [0.4, 0.5) is 0 Å². The molecule has 0 aliphatic rings. The van der Waals surface area contributed by atoms with Crippen LogP contribution in [0.25, 0.3) is 0 Å². The molecule has 1 rings (SSSR count). The Bertz CT molecular complexity index is 593. The molecule has 1 heterocycles. The standard InChI is InChI=1S/C18H32N4O3S.HI/c1-7-19-18(20-10-9-11-25-12(3)4)22-14(6)16-21-13(5)15(26-16)17(23)24-8-2;/h12,14H,7-11H2,1-6H3,(H2,19,20,22);1H. The minimum absolute atomic E-state index is 0. The second-order valence-electron chi connectivity index (χ2n) is 6.09. The van der Waals surface area contributed by atoms with Crippen LogP contribution in [0.2, 0.25) is 0 Å². The zero-order chi connectivity index (χ0) is 19.5. The first kappa shape index (κ1) is 26.1. The average Bonchev–Trinajstić information content (AvgIpc) is 2.96. The maximum atomic E-state index is 12.0. The van der Waals surface area contributed by atoms with Crippen molar-refractivity contribution in [1.82, 2.24) is 15.6 Å². The topological polar surface area (TPSA) is 84.8 Å². The molecular weight excluding hydrogens is 479 g/mol. The van der Waals surface area contributed by atoms with E-state index in [9.17, 15) is 4.79 Å². The third kappa shape index (κ3) is 9.70. The van der Waals surface area contributed by atoms with Crippen molar-refractivity contribution >= 4 is 47.2 Å². The number of aromatic nitrogens is 1. The molecule has 0 aliphatic heterocycles. The summed E-state index contributed by atoms with van der Waals surface area (Å²) in [5, 5.41) is 7.40. The molecule has 1 aromatic rings. The maximum absolute atomic E-state index is 12.0. The van der Waals surface area contributed by atoms with Gasteiger partial charge in [0.1, 0.15) is 9.88 Å². The summed E-state index contributed by atoms with van der Waals surface area (Å²) >= 11 is 1.36. The molecule has 0 spiro atoms. The molecule has 7 nitrogen and oxygen atoms in total. The van der Waals surface area contributed by atoms with Gasteiger partial charge in [-0.3, -0.25) is 4.99 Å². The van der Waals surface area contributed by atoms with Crippen LogP contribution in [-0.2, 0) is 9.47 Å². The Balaban J connectivity index is 0.00000676. The summed E-state index contributed by atoms with van der Waals surface area (Å²) in [5.74, 6) is 0.418. The van der Waals surface area contributed by atoms with Crippen LogP contribution in [0.5, 0.6) is 0 Å². The molecular formula is C18H33IN4O3S. The molecule has 0 aromatic carbocycles. The Morgan fingerprint density at radius 2 is 2.00 bits per heavy atom. The highest BCUT2D eigenvalue weighted by Gasteiger charge is 2.20. The van der Waals surface area contributed by atoms with E-state index in [1.807, 2.05) is 34.6 Å². The number of rotatable bonds is 10. The molecule has 0 amide bonds. The van der Waals surface area contributed by atoms with Gasteiger partial charge in [-0.1, -0.05) is 0 Å². The van der Waals surface area contributed by atoms with Crippen molar-refractivity contribution in [2.75, 3.05) is 26.3 Å². The van der Waals surface area contributed by atoms with Crippen molar-refractivity contribution in [2.24, 2.45) is 4.99 Å². The van der Waals surface area contributed by atoms with E-state index in [4.69, 9.17) is 9.47 Å². The number of hydrogen-bond acceptors (Lipinski definition) is 6. The first-order valence-corrected chi connectivity index (χ1v) is 10.0. The van der Waals surface area contributed by atoms with Gasteiger partial charge in [0.25, 0.3) is 0 Å². The van der Waals surface area contributed by atoms with Crippen molar-refractivity contribution in [3.05, 3.63) is 15.6 Å². The predicted molar refractivity (Wildman–Crippen MR) is 121 cm³/mol. The van der Waals surface area contributed by atoms with Crippen molar-refractivity contribution in [2.45, 2.75) is 60.1 Å². The summed E-state index contributed by atoms with van der Waals surface area (Å²) in [4.78, 5) is 21.6. The molecule has 0 aliphatic carbocycles. The minimum Gasteiger partial charge on any atom is -0.462 e. The van der Waals surface area contributed by atoms with Gasteiger partial charge < -0.3 is 20.1 Å². The van der Waals surface area contributed by atoms with E-state index < -0.39 is 0 Å². The number of carbonyl (C=O) groups excluding carboxylic acids is 1. The first-order valence-electron chi connectivity index (χ1n) is 9.19. The third-order valence-corrected chi connectivity index (χ3v) is 4.69. The summed E-state index contributed by atoms with van der Waals surface area (Å²) in [6.45, 7) is 14.2. The van der Waals surface area contributed by atoms with E-state index in [-0.39, 0.29) is 42.1 Å². The molecule has 0 bridgehead atoms. The summed E-state index contributed by atoms with van der Waals surface area (Å²) in [7, 11) is 0. The van der Waals surface area contributed by atoms with Crippen molar-refractivity contribution in [1.29, 1.82) is 0 Å². The fraction of sp³-hybridized carbons (Fsp3) is 0.722. The number of aliphatic imine (C=N–C) groups is 1. The van der Waals surface area contributed by atoms with E-state index in [0.717, 1.165) is 23.9 Å². The Morgan fingerprint density at radius 1 is 1.30 bits per heavy atom. The van der Waals surface area contributed by atoms with Gasteiger partial charge in [-0.2, -0.15) is 0 Å². The molecule has 27 heavy (non-hydrogen) atoms. The minimum atomic E-state index is -0.313. The number of nitrogens with one attached hydrogen (secondary N) is 2. The number of guanidine groups is 1. The van der Waals surface area contributed by atoms with E-state index >= 15 is 0 Å². The average molecular weight is 512 g/mol. The lowest BCUT2D eigenvalue weighted by molar-refractivity contribution is 0.0531. The predicted octanol–water partition coefficient (Wildman–Crippen LogP) is 3.68. The number of ether oxygens (including phenoxy) is 2. The highest BCUT2D eigenvalue weighted by molar-refractivity contribution is 14.0. The van der Waals surface area contributed by atoms with Gasteiger partial charge >= 0.3 is 5.97 Å². The van der Waals surface area contributed by atoms with Crippen LogP contribution < -0.4 is 10.6 Å². The molecule has 0 saturated heterocycles. The smallest absolute Gasteiger partial charge is 0.350 e. The highest BCUT2D eigenvalue weighted by atomic mass is 127. The van der Waals surface area contributed by atoms with Crippen molar-refractivity contribution in [3.63, 3.8) is 0 Å². The normalized spacial score (nSPS) is 12.5. The van der Waals surface area contributed by atoms with Crippen LogP contribution in [0.1, 0.15) is 67.5 Å². The van der Waals surface area contributed by atoms with E-state index in [0.29, 0.717) is 30.3 Å². The molecule has 1 aromatic heterocycles. The second kappa shape index (κ2) is 14.1. The number of esters is 1. The van der Waals surface area contributed by atoms with E-state index in [1.54, 1.807) is 6.92 Å². The SMILES string of the molecule is CCNC(=NCCCOC(C)C)NC(C)c1nc(C)c(C(=O)OCC)s1.I. The van der Waals surface area contributed by atoms with Gasteiger partial charge in [-0.15, -0.1) is 35.3 Å². The van der Waals surface area contributed by atoms with Crippen molar-refractivity contribution < 1.29 is 14.3 Å². The number of aryl methyl sites for hydroxylation is 1. The summed E-state index contributed by atoms with van der Waals surface area (Å²) in [6, 6.07) is -0.0633. The van der Waals surface area contributed by atoms with E-state index in [1.165, 1.54) is 11.3 Å². The quantitative estimate of drug-likeness (QED) is 0.164. The number of hydrogen-bond donors (Lipinski definition) is 2. The maximum Gasteiger partial charge on any atom is 0.350 e. The van der Waals surface area contributed by atoms with Crippen LogP contribution in [0.3, 0.4) is 0 Å². The van der Waals surface area contributed by atoms with Crippen LogP contribution in [0, 0.1) is 6.92 Å². The highest BCUT2D eigenvalue weighted by Crippen LogP contribution is 2.24. The number of carbonyl (C=O) groups is 1. The lowest BCUT2D eigenvalue weighted by Gasteiger charge is -2.16. The summed E-state index contributed by atoms with van der Waals surface area (Å²) < 4.78 is 10.6. The fourth-order valence-electron chi connectivity index (χ4n) is 2.15. The summed E-state index contributed by atoms with van der Waals surface area (Å²) in [5.41, 5.74) is 0.699. The monoisotopic (exact) mass is 512 g/mol. The molecule has 9 heteroatoms. The van der Waals surface area contributed by atoms with Crippen molar-refractivity contribution in [3.8, 4) is 0 Å². The van der Waals surface area contributed by atoms with Gasteiger partial charge in [0.05, 0.1) is 24.4 Å².